The van der Waals surface area contributed by atoms with Gasteiger partial charge in [0.25, 0.3) is 5.91 Å². The van der Waals surface area contributed by atoms with Crippen molar-refractivity contribution in [3.63, 3.8) is 0 Å². The topological polar surface area (TPSA) is 38.8 Å². The molecule has 1 amide bonds. The Balaban J connectivity index is 1.45. The molecule has 5 heteroatoms. The number of hydrogen-bond acceptors (Lipinski definition) is 3. The molecule has 4 nitrogen and oxygen atoms in total. The van der Waals surface area contributed by atoms with E-state index >= 15 is 0 Å². The highest BCUT2D eigenvalue weighted by molar-refractivity contribution is 9.10. The number of benzene rings is 2. The third kappa shape index (κ3) is 3.40. The molecule has 0 N–H and O–H groups in total. The lowest BCUT2D eigenvalue weighted by Gasteiger charge is -2.43. The van der Waals surface area contributed by atoms with Gasteiger partial charge < -0.3 is 14.4 Å². The van der Waals surface area contributed by atoms with Crippen LogP contribution in [0.25, 0.3) is 10.8 Å². The lowest BCUT2D eigenvalue weighted by Crippen LogP contribution is -2.55. The number of hydrogen-bond donors (Lipinski definition) is 0. The van der Waals surface area contributed by atoms with Crippen LogP contribution in [-0.4, -0.2) is 42.7 Å². The lowest BCUT2D eigenvalue weighted by atomic mass is 9.90. The largest absolute Gasteiger partial charge is 0.483 e. The number of ether oxygens (including phenoxy) is 2. The molecule has 132 valence electrons. The van der Waals surface area contributed by atoms with E-state index in [9.17, 15) is 4.79 Å². The molecule has 0 aromatic heterocycles. The van der Waals surface area contributed by atoms with Gasteiger partial charge in [-0.25, -0.2) is 0 Å². The van der Waals surface area contributed by atoms with Crippen molar-refractivity contribution in [1.82, 2.24) is 4.90 Å². The molecule has 25 heavy (non-hydrogen) atoms. The van der Waals surface area contributed by atoms with Crippen LogP contribution in [0.1, 0.15) is 25.7 Å². The first-order valence-corrected chi connectivity index (χ1v) is 9.74. The average molecular weight is 404 g/mol. The predicted octanol–water partition coefficient (Wildman–Crippen LogP) is 4.15. The molecular weight excluding hydrogens is 382 g/mol. The SMILES string of the molecule is O=C(COc1ccc2ccccc2c1Br)N1CCO[C@@H]2CCCC[C@@H]21. The van der Waals surface area contributed by atoms with Crippen LogP contribution in [0.15, 0.2) is 40.9 Å². The van der Waals surface area contributed by atoms with Crippen molar-refractivity contribution in [2.24, 2.45) is 0 Å². The van der Waals surface area contributed by atoms with Crippen LogP contribution in [0.2, 0.25) is 0 Å². The molecule has 2 aromatic rings. The second-order valence-corrected chi connectivity index (χ2v) is 7.53. The Morgan fingerprint density at radius 3 is 2.96 bits per heavy atom. The second kappa shape index (κ2) is 7.34. The number of fused-ring (bicyclic) bond motifs is 2. The summed E-state index contributed by atoms with van der Waals surface area (Å²) in [6.45, 7) is 1.37. The lowest BCUT2D eigenvalue weighted by molar-refractivity contribution is -0.151. The number of halogens is 1. The van der Waals surface area contributed by atoms with Crippen molar-refractivity contribution in [3.05, 3.63) is 40.9 Å². The van der Waals surface area contributed by atoms with E-state index in [1.54, 1.807) is 0 Å². The highest BCUT2D eigenvalue weighted by Gasteiger charge is 2.36. The Morgan fingerprint density at radius 2 is 2.04 bits per heavy atom. The zero-order valence-electron chi connectivity index (χ0n) is 14.1. The van der Waals surface area contributed by atoms with Crippen molar-refractivity contribution in [1.29, 1.82) is 0 Å². The molecule has 2 atom stereocenters. The smallest absolute Gasteiger partial charge is 0.260 e. The number of carbonyl (C=O) groups excluding carboxylic acids is 1. The Kier molecular flexibility index (Phi) is 4.95. The second-order valence-electron chi connectivity index (χ2n) is 6.74. The Bertz CT molecular complexity index is 777. The van der Waals surface area contributed by atoms with E-state index in [1.807, 2.05) is 35.2 Å². The Hall–Kier alpha value is -1.59. The molecular formula is C20H22BrNO3. The standard InChI is InChI=1S/C20H22BrNO3/c21-20-15-6-2-1-5-14(15)9-10-18(20)25-13-19(23)22-11-12-24-17-8-4-3-7-16(17)22/h1-2,5-6,9-10,16-17H,3-4,7-8,11-13H2/t16-,17+/m0/s1. The monoisotopic (exact) mass is 403 g/mol. The summed E-state index contributed by atoms with van der Waals surface area (Å²) in [5.74, 6) is 0.765. The summed E-state index contributed by atoms with van der Waals surface area (Å²) in [5, 5.41) is 2.23. The first kappa shape index (κ1) is 16.9. The molecule has 0 unspecified atom stereocenters. The van der Waals surface area contributed by atoms with Crippen molar-refractivity contribution < 1.29 is 14.3 Å². The molecule has 2 fully saturated rings. The molecule has 1 saturated heterocycles. The highest BCUT2D eigenvalue weighted by Crippen LogP contribution is 2.33. The van der Waals surface area contributed by atoms with Crippen molar-refractivity contribution in [2.75, 3.05) is 19.8 Å². The van der Waals surface area contributed by atoms with Gasteiger partial charge in [-0.05, 0) is 45.6 Å². The fourth-order valence-corrected chi connectivity index (χ4v) is 4.56. The highest BCUT2D eigenvalue weighted by atomic mass is 79.9. The van der Waals surface area contributed by atoms with E-state index in [2.05, 4.69) is 22.0 Å². The average Bonchev–Trinajstić information content (AvgIpc) is 2.67. The number of rotatable bonds is 3. The first-order valence-electron chi connectivity index (χ1n) is 8.95. The van der Waals surface area contributed by atoms with E-state index in [1.165, 1.54) is 12.8 Å². The maximum Gasteiger partial charge on any atom is 0.260 e. The van der Waals surface area contributed by atoms with Crippen LogP contribution >= 0.6 is 15.9 Å². The summed E-state index contributed by atoms with van der Waals surface area (Å²) in [4.78, 5) is 14.7. The van der Waals surface area contributed by atoms with Gasteiger partial charge in [-0.15, -0.1) is 0 Å². The summed E-state index contributed by atoms with van der Waals surface area (Å²) >= 11 is 3.61. The van der Waals surface area contributed by atoms with Crippen LogP contribution in [0.3, 0.4) is 0 Å². The van der Waals surface area contributed by atoms with E-state index < -0.39 is 0 Å². The quantitative estimate of drug-likeness (QED) is 0.772. The number of carbonyl (C=O) groups is 1. The van der Waals surface area contributed by atoms with Gasteiger partial charge in [0.2, 0.25) is 0 Å². The van der Waals surface area contributed by atoms with E-state index in [0.717, 1.165) is 28.1 Å². The zero-order chi connectivity index (χ0) is 17.2. The molecule has 1 saturated carbocycles. The molecule has 2 aromatic carbocycles. The van der Waals surface area contributed by atoms with Gasteiger partial charge in [0, 0.05) is 6.54 Å². The molecule has 0 radical (unpaired) electrons. The third-order valence-corrected chi connectivity index (χ3v) is 6.05. The third-order valence-electron chi connectivity index (χ3n) is 5.23. The van der Waals surface area contributed by atoms with E-state index in [-0.39, 0.29) is 24.7 Å². The molecule has 4 rings (SSSR count). The summed E-state index contributed by atoms with van der Waals surface area (Å²) in [6, 6.07) is 12.3. The molecule has 1 aliphatic carbocycles. The van der Waals surface area contributed by atoms with E-state index in [4.69, 9.17) is 9.47 Å². The van der Waals surface area contributed by atoms with Gasteiger partial charge in [0.1, 0.15) is 5.75 Å². The molecule has 0 spiro atoms. The van der Waals surface area contributed by atoms with Crippen LogP contribution in [0, 0.1) is 0 Å². The summed E-state index contributed by atoms with van der Waals surface area (Å²) < 4.78 is 12.6. The maximum atomic E-state index is 12.7. The molecule has 0 bridgehead atoms. The fourth-order valence-electron chi connectivity index (χ4n) is 3.95. The maximum absolute atomic E-state index is 12.7. The first-order chi connectivity index (χ1) is 12.2. The van der Waals surface area contributed by atoms with Crippen molar-refractivity contribution >= 4 is 32.6 Å². The Labute approximate surface area is 156 Å². The van der Waals surface area contributed by atoms with Crippen LogP contribution in [0.4, 0.5) is 0 Å². The minimum absolute atomic E-state index is 0.0558. The molecule has 2 aliphatic rings. The summed E-state index contributed by atoms with van der Waals surface area (Å²) in [6.07, 6.45) is 4.68. The van der Waals surface area contributed by atoms with Gasteiger partial charge >= 0.3 is 0 Å². The minimum Gasteiger partial charge on any atom is -0.483 e. The van der Waals surface area contributed by atoms with Gasteiger partial charge in [0.15, 0.2) is 6.61 Å². The van der Waals surface area contributed by atoms with Gasteiger partial charge in [-0.1, -0.05) is 43.2 Å². The number of morpholine rings is 1. The van der Waals surface area contributed by atoms with E-state index in [0.29, 0.717) is 18.9 Å². The van der Waals surface area contributed by atoms with Crippen LogP contribution in [0.5, 0.6) is 5.75 Å². The van der Waals surface area contributed by atoms with Gasteiger partial charge in [-0.3, -0.25) is 4.79 Å². The van der Waals surface area contributed by atoms with Crippen LogP contribution in [-0.2, 0) is 9.53 Å². The normalized spacial score (nSPS) is 23.3. The molecule has 1 heterocycles. The number of nitrogens with zero attached hydrogens (tertiary/aromatic N) is 1. The van der Waals surface area contributed by atoms with Gasteiger partial charge in [0.05, 0.1) is 23.2 Å². The minimum atomic E-state index is 0.0558. The fraction of sp³-hybridized carbons (Fsp3) is 0.450. The van der Waals surface area contributed by atoms with Crippen molar-refractivity contribution in [3.8, 4) is 5.75 Å². The molecule has 1 aliphatic heterocycles. The van der Waals surface area contributed by atoms with Crippen molar-refractivity contribution in [2.45, 2.75) is 37.8 Å². The van der Waals surface area contributed by atoms with Crippen LogP contribution < -0.4 is 4.74 Å². The summed E-state index contributed by atoms with van der Waals surface area (Å²) in [7, 11) is 0. The zero-order valence-corrected chi connectivity index (χ0v) is 15.7. The predicted molar refractivity (Wildman–Crippen MR) is 101 cm³/mol. The van der Waals surface area contributed by atoms with Gasteiger partial charge in [-0.2, -0.15) is 0 Å². The summed E-state index contributed by atoms with van der Waals surface area (Å²) in [5.41, 5.74) is 0. The Morgan fingerprint density at radius 1 is 1.20 bits per heavy atom. The number of amides is 1.